The highest BCUT2D eigenvalue weighted by atomic mass is 16.4. The maximum Gasteiger partial charge on any atom is 0.303 e. The smallest absolute Gasteiger partial charge is 0.303 e. The van der Waals surface area contributed by atoms with Crippen LogP contribution in [0.1, 0.15) is 24.1 Å². The SMILES string of the molecule is Cc1nc(-c2ccccn2)nc(NCCCC(=O)O)c1C. The molecule has 0 aromatic carbocycles. The highest BCUT2D eigenvalue weighted by Gasteiger charge is 2.10. The number of hydrogen-bond acceptors (Lipinski definition) is 5. The van der Waals surface area contributed by atoms with E-state index in [-0.39, 0.29) is 6.42 Å². The van der Waals surface area contributed by atoms with Crippen molar-refractivity contribution in [3.8, 4) is 11.5 Å². The molecule has 0 aliphatic heterocycles. The third kappa shape index (κ3) is 3.98. The Morgan fingerprint density at radius 1 is 1.29 bits per heavy atom. The summed E-state index contributed by atoms with van der Waals surface area (Å²) in [5.74, 6) is 0.509. The molecular formula is C15H18N4O2. The van der Waals surface area contributed by atoms with Crippen molar-refractivity contribution in [1.29, 1.82) is 0 Å². The first-order valence-electron chi connectivity index (χ1n) is 6.80. The second kappa shape index (κ2) is 6.78. The number of aryl methyl sites for hydroxylation is 1. The maximum atomic E-state index is 10.5. The van der Waals surface area contributed by atoms with E-state index in [1.165, 1.54) is 0 Å². The molecule has 0 unspecified atom stereocenters. The van der Waals surface area contributed by atoms with Gasteiger partial charge in [-0.15, -0.1) is 0 Å². The van der Waals surface area contributed by atoms with Crippen LogP contribution in [0, 0.1) is 13.8 Å². The van der Waals surface area contributed by atoms with Gasteiger partial charge in [0.1, 0.15) is 11.5 Å². The second-order valence-electron chi connectivity index (χ2n) is 4.75. The van der Waals surface area contributed by atoms with E-state index in [1.807, 2.05) is 32.0 Å². The van der Waals surface area contributed by atoms with Crippen molar-refractivity contribution < 1.29 is 9.90 Å². The van der Waals surface area contributed by atoms with Gasteiger partial charge in [-0.1, -0.05) is 6.07 Å². The fourth-order valence-electron chi connectivity index (χ4n) is 1.86. The van der Waals surface area contributed by atoms with Gasteiger partial charge in [0.2, 0.25) is 0 Å². The fourth-order valence-corrected chi connectivity index (χ4v) is 1.86. The summed E-state index contributed by atoms with van der Waals surface area (Å²) >= 11 is 0. The number of aromatic nitrogens is 3. The normalized spacial score (nSPS) is 10.4. The van der Waals surface area contributed by atoms with Crippen LogP contribution in [0.25, 0.3) is 11.5 Å². The standard InChI is InChI=1S/C15H18N4O2/c1-10-11(2)18-15(12-6-3-4-8-16-12)19-14(10)17-9-5-7-13(20)21/h3-4,6,8H,5,7,9H2,1-2H3,(H,20,21)(H,17,18,19). The topological polar surface area (TPSA) is 88.0 Å². The van der Waals surface area contributed by atoms with E-state index in [9.17, 15) is 4.79 Å². The maximum absolute atomic E-state index is 10.5. The molecule has 0 amide bonds. The molecule has 0 spiro atoms. The molecule has 0 aliphatic carbocycles. The minimum atomic E-state index is -0.790. The zero-order chi connectivity index (χ0) is 15.2. The predicted molar refractivity (Wildman–Crippen MR) is 80.1 cm³/mol. The van der Waals surface area contributed by atoms with Crippen molar-refractivity contribution >= 4 is 11.8 Å². The molecule has 0 fully saturated rings. The zero-order valence-electron chi connectivity index (χ0n) is 12.1. The average molecular weight is 286 g/mol. The Bertz CT molecular complexity index is 629. The number of aliphatic carboxylic acids is 1. The highest BCUT2D eigenvalue weighted by Crippen LogP contribution is 2.20. The quantitative estimate of drug-likeness (QED) is 0.793. The summed E-state index contributed by atoms with van der Waals surface area (Å²) < 4.78 is 0. The predicted octanol–water partition coefficient (Wildman–Crippen LogP) is 2.43. The molecule has 0 saturated carbocycles. The minimum absolute atomic E-state index is 0.142. The van der Waals surface area contributed by atoms with Crippen LogP contribution in [0.3, 0.4) is 0 Å². The first kappa shape index (κ1) is 14.9. The van der Waals surface area contributed by atoms with Gasteiger partial charge in [0, 0.05) is 30.4 Å². The molecule has 2 aromatic rings. The van der Waals surface area contributed by atoms with Crippen molar-refractivity contribution in [2.45, 2.75) is 26.7 Å². The van der Waals surface area contributed by atoms with E-state index in [1.54, 1.807) is 6.20 Å². The molecule has 6 nitrogen and oxygen atoms in total. The molecule has 0 saturated heterocycles. The largest absolute Gasteiger partial charge is 0.481 e. The summed E-state index contributed by atoms with van der Waals surface area (Å²) in [5.41, 5.74) is 2.56. The Balaban J connectivity index is 2.17. The molecule has 6 heteroatoms. The van der Waals surface area contributed by atoms with E-state index in [4.69, 9.17) is 5.11 Å². The lowest BCUT2D eigenvalue weighted by molar-refractivity contribution is -0.137. The lowest BCUT2D eigenvalue weighted by Gasteiger charge is -2.11. The number of pyridine rings is 1. The van der Waals surface area contributed by atoms with Crippen LogP contribution in [0.4, 0.5) is 5.82 Å². The number of nitrogens with zero attached hydrogens (tertiary/aromatic N) is 3. The molecule has 0 radical (unpaired) electrons. The minimum Gasteiger partial charge on any atom is -0.481 e. The highest BCUT2D eigenvalue weighted by molar-refractivity contribution is 5.66. The molecule has 0 atom stereocenters. The van der Waals surface area contributed by atoms with E-state index < -0.39 is 5.97 Å². The number of anilines is 1. The van der Waals surface area contributed by atoms with Gasteiger partial charge >= 0.3 is 5.97 Å². The summed E-state index contributed by atoms with van der Waals surface area (Å²) in [5, 5.41) is 11.8. The van der Waals surface area contributed by atoms with Crippen LogP contribution >= 0.6 is 0 Å². The van der Waals surface area contributed by atoms with Crippen molar-refractivity contribution in [2.75, 3.05) is 11.9 Å². The van der Waals surface area contributed by atoms with Crippen molar-refractivity contribution in [3.63, 3.8) is 0 Å². The molecule has 2 rings (SSSR count). The molecule has 2 heterocycles. The first-order valence-corrected chi connectivity index (χ1v) is 6.80. The van der Waals surface area contributed by atoms with Gasteiger partial charge in [0.05, 0.1) is 0 Å². The fraction of sp³-hybridized carbons (Fsp3) is 0.333. The number of hydrogen-bond donors (Lipinski definition) is 2. The van der Waals surface area contributed by atoms with E-state index in [0.717, 1.165) is 17.1 Å². The Morgan fingerprint density at radius 3 is 2.76 bits per heavy atom. The van der Waals surface area contributed by atoms with Gasteiger partial charge in [-0.2, -0.15) is 0 Å². The van der Waals surface area contributed by atoms with Crippen LogP contribution in [0.2, 0.25) is 0 Å². The third-order valence-corrected chi connectivity index (χ3v) is 3.14. The molecule has 2 aromatic heterocycles. The van der Waals surface area contributed by atoms with E-state index in [2.05, 4.69) is 20.3 Å². The van der Waals surface area contributed by atoms with Crippen molar-refractivity contribution in [3.05, 3.63) is 35.7 Å². The van der Waals surface area contributed by atoms with Crippen LogP contribution in [0.15, 0.2) is 24.4 Å². The summed E-state index contributed by atoms with van der Waals surface area (Å²) in [6, 6.07) is 5.59. The molecule has 2 N–H and O–H groups in total. The summed E-state index contributed by atoms with van der Waals surface area (Å²) in [4.78, 5) is 23.7. The Labute approximate surface area is 123 Å². The van der Waals surface area contributed by atoms with Crippen LogP contribution in [-0.4, -0.2) is 32.6 Å². The van der Waals surface area contributed by atoms with E-state index in [0.29, 0.717) is 24.5 Å². The molecular weight excluding hydrogens is 268 g/mol. The Morgan fingerprint density at radius 2 is 2.10 bits per heavy atom. The van der Waals surface area contributed by atoms with Crippen molar-refractivity contribution in [2.24, 2.45) is 0 Å². The number of nitrogens with one attached hydrogen (secondary N) is 1. The molecule has 0 bridgehead atoms. The zero-order valence-corrected chi connectivity index (χ0v) is 12.1. The van der Waals surface area contributed by atoms with Crippen LogP contribution in [-0.2, 0) is 4.79 Å². The van der Waals surface area contributed by atoms with Crippen molar-refractivity contribution in [1.82, 2.24) is 15.0 Å². The Kier molecular flexibility index (Phi) is 4.81. The lowest BCUT2D eigenvalue weighted by Crippen LogP contribution is -2.10. The number of carboxylic acids is 1. The average Bonchev–Trinajstić information content (AvgIpc) is 2.48. The molecule has 21 heavy (non-hydrogen) atoms. The monoisotopic (exact) mass is 286 g/mol. The summed E-state index contributed by atoms with van der Waals surface area (Å²) in [7, 11) is 0. The summed E-state index contributed by atoms with van der Waals surface area (Å²) in [6.07, 6.45) is 2.40. The van der Waals surface area contributed by atoms with Crippen LogP contribution in [0.5, 0.6) is 0 Å². The number of rotatable bonds is 6. The van der Waals surface area contributed by atoms with Gasteiger partial charge in [-0.05, 0) is 32.4 Å². The third-order valence-electron chi connectivity index (χ3n) is 3.14. The second-order valence-corrected chi connectivity index (χ2v) is 4.75. The lowest BCUT2D eigenvalue weighted by atomic mass is 10.2. The number of carboxylic acid groups (broad SMARTS) is 1. The van der Waals surface area contributed by atoms with Gasteiger partial charge in [0.25, 0.3) is 0 Å². The summed E-state index contributed by atoms with van der Waals surface area (Å²) in [6.45, 7) is 4.42. The molecule has 110 valence electrons. The van der Waals surface area contributed by atoms with E-state index >= 15 is 0 Å². The van der Waals surface area contributed by atoms with Gasteiger partial charge < -0.3 is 10.4 Å². The van der Waals surface area contributed by atoms with Gasteiger partial charge in [0.15, 0.2) is 5.82 Å². The first-order chi connectivity index (χ1) is 10.1. The van der Waals surface area contributed by atoms with Gasteiger partial charge in [-0.3, -0.25) is 9.78 Å². The molecule has 0 aliphatic rings. The Hall–Kier alpha value is -2.50. The van der Waals surface area contributed by atoms with Crippen LogP contribution < -0.4 is 5.32 Å². The number of carbonyl (C=O) groups is 1. The van der Waals surface area contributed by atoms with Gasteiger partial charge in [-0.25, -0.2) is 9.97 Å².